The molecule has 0 aliphatic rings. The summed E-state index contributed by atoms with van der Waals surface area (Å²) < 4.78 is 5.07. The molecule has 0 saturated carbocycles. The van der Waals surface area contributed by atoms with Crippen LogP contribution in [0.25, 0.3) is 10.9 Å². The van der Waals surface area contributed by atoms with Crippen molar-refractivity contribution in [1.82, 2.24) is 9.97 Å². The van der Waals surface area contributed by atoms with Crippen LogP contribution in [0.15, 0.2) is 24.5 Å². The predicted molar refractivity (Wildman–Crippen MR) is 53.0 cm³/mol. The lowest BCUT2D eigenvalue weighted by atomic mass is 10.2. The number of ether oxygens (including phenoxy) is 1. The fraction of sp³-hybridized carbons (Fsp3) is 0.100. The second kappa shape index (κ2) is 3.53. The van der Waals surface area contributed by atoms with Crippen LogP contribution in [0.4, 0.5) is 0 Å². The van der Waals surface area contributed by atoms with E-state index in [9.17, 15) is 4.79 Å². The molecule has 0 aromatic carbocycles. The summed E-state index contributed by atoms with van der Waals surface area (Å²) in [6, 6.07) is 3.02. The first-order valence-electron chi connectivity index (χ1n) is 4.24. The highest BCUT2D eigenvalue weighted by molar-refractivity contribution is 5.92. The molecule has 76 valence electrons. The monoisotopic (exact) mass is 204 g/mol. The Labute approximate surface area is 85.4 Å². The number of rotatable bonds is 2. The van der Waals surface area contributed by atoms with E-state index in [2.05, 4.69) is 9.97 Å². The topological polar surface area (TPSA) is 72.3 Å². The molecule has 5 nitrogen and oxygen atoms in total. The molecular formula is C10H8N2O3. The van der Waals surface area contributed by atoms with Crippen LogP contribution in [0.5, 0.6) is 5.75 Å². The van der Waals surface area contributed by atoms with Gasteiger partial charge in [0.05, 0.1) is 18.0 Å². The summed E-state index contributed by atoms with van der Waals surface area (Å²) in [5.41, 5.74) is 0.521. The van der Waals surface area contributed by atoms with E-state index < -0.39 is 5.97 Å². The second-order valence-corrected chi connectivity index (χ2v) is 2.91. The van der Waals surface area contributed by atoms with E-state index in [0.717, 1.165) is 0 Å². The summed E-state index contributed by atoms with van der Waals surface area (Å²) in [5.74, 6) is -0.613. The Hall–Kier alpha value is -2.17. The van der Waals surface area contributed by atoms with Crippen LogP contribution in [-0.4, -0.2) is 28.2 Å². The van der Waals surface area contributed by atoms with Crippen molar-refractivity contribution in [2.45, 2.75) is 0 Å². The lowest BCUT2D eigenvalue weighted by Gasteiger charge is -2.05. The summed E-state index contributed by atoms with van der Waals surface area (Å²) in [7, 11) is 1.48. The highest BCUT2D eigenvalue weighted by Gasteiger charge is 2.10. The van der Waals surface area contributed by atoms with Crippen molar-refractivity contribution >= 4 is 16.9 Å². The molecule has 0 spiro atoms. The largest absolute Gasteiger partial charge is 0.496 e. The fourth-order valence-electron chi connectivity index (χ4n) is 1.32. The van der Waals surface area contributed by atoms with Gasteiger partial charge in [-0.1, -0.05) is 0 Å². The maximum Gasteiger partial charge on any atom is 0.354 e. The van der Waals surface area contributed by atoms with Crippen molar-refractivity contribution in [2.75, 3.05) is 7.11 Å². The van der Waals surface area contributed by atoms with E-state index in [4.69, 9.17) is 9.84 Å². The average molecular weight is 204 g/mol. The number of pyridine rings is 2. The van der Waals surface area contributed by atoms with Gasteiger partial charge in [0.25, 0.3) is 0 Å². The fourth-order valence-corrected chi connectivity index (χ4v) is 1.32. The maximum atomic E-state index is 10.8. The summed E-state index contributed by atoms with van der Waals surface area (Å²) in [6.07, 6.45) is 3.15. The van der Waals surface area contributed by atoms with Gasteiger partial charge in [0.1, 0.15) is 5.75 Å². The zero-order chi connectivity index (χ0) is 10.8. The van der Waals surface area contributed by atoms with Gasteiger partial charge in [-0.2, -0.15) is 0 Å². The van der Waals surface area contributed by atoms with Crippen molar-refractivity contribution in [2.24, 2.45) is 0 Å². The molecule has 0 aliphatic carbocycles. The third-order valence-corrected chi connectivity index (χ3v) is 2.01. The van der Waals surface area contributed by atoms with Crippen molar-refractivity contribution in [1.29, 1.82) is 0 Å². The maximum absolute atomic E-state index is 10.8. The number of methoxy groups -OCH3 is 1. The van der Waals surface area contributed by atoms with Crippen molar-refractivity contribution < 1.29 is 14.6 Å². The molecule has 0 saturated heterocycles. The first-order valence-corrected chi connectivity index (χ1v) is 4.24. The standard InChI is InChI=1S/C10H8N2O3/c1-15-9-4-8(10(13)14)12-7-2-3-11-5-6(7)9/h2-5H,1H3,(H,13,14). The molecule has 0 unspecified atom stereocenters. The van der Waals surface area contributed by atoms with Crippen LogP contribution in [0.2, 0.25) is 0 Å². The molecule has 5 heteroatoms. The lowest BCUT2D eigenvalue weighted by Crippen LogP contribution is -2.01. The third-order valence-electron chi connectivity index (χ3n) is 2.01. The minimum Gasteiger partial charge on any atom is -0.496 e. The molecule has 0 aliphatic heterocycles. The number of carboxylic acid groups (broad SMARTS) is 1. The Morgan fingerprint density at radius 3 is 3.00 bits per heavy atom. The van der Waals surface area contributed by atoms with Crippen LogP contribution < -0.4 is 4.74 Å². The Kier molecular flexibility index (Phi) is 2.21. The van der Waals surface area contributed by atoms with E-state index in [1.165, 1.54) is 13.2 Å². The van der Waals surface area contributed by atoms with Crippen molar-refractivity contribution in [3.05, 3.63) is 30.2 Å². The highest BCUT2D eigenvalue weighted by Crippen LogP contribution is 2.23. The number of fused-ring (bicyclic) bond motifs is 1. The van der Waals surface area contributed by atoms with Gasteiger partial charge in [-0.25, -0.2) is 9.78 Å². The van der Waals surface area contributed by atoms with Gasteiger partial charge in [0.15, 0.2) is 5.69 Å². The molecule has 0 radical (unpaired) electrons. The minimum absolute atomic E-state index is 0.0365. The van der Waals surface area contributed by atoms with Gasteiger partial charge in [0, 0.05) is 18.5 Å². The number of hydrogen-bond acceptors (Lipinski definition) is 4. The quantitative estimate of drug-likeness (QED) is 0.799. The summed E-state index contributed by atoms with van der Waals surface area (Å²) in [6.45, 7) is 0. The Morgan fingerprint density at radius 1 is 1.53 bits per heavy atom. The zero-order valence-electron chi connectivity index (χ0n) is 7.97. The Bertz CT molecular complexity index is 525. The molecule has 0 fully saturated rings. The molecule has 0 amide bonds. The van der Waals surface area contributed by atoms with E-state index in [1.54, 1.807) is 18.5 Å². The molecule has 0 atom stereocenters. The summed E-state index contributed by atoms with van der Waals surface area (Å²) >= 11 is 0. The van der Waals surface area contributed by atoms with Gasteiger partial charge >= 0.3 is 5.97 Å². The van der Waals surface area contributed by atoms with Gasteiger partial charge in [-0.05, 0) is 6.07 Å². The van der Waals surface area contributed by atoms with E-state index in [-0.39, 0.29) is 5.69 Å². The van der Waals surface area contributed by atoms with Gasteiger partial charge in [-0.15, -0.1) is 0 Å². The Balaban J connectivity index is 2.77. The number of carbonyl (C=O) groups is 1. The number of hydrogen-bond donors (Lipinski definition) is 1. The first-order chi connectivity index (χ1) is 7.22. The number of aromatic nitrogens is 2. The van der Waals surface area contributed by atoms with Crippen molar-refractivity contribution in [3.8, 4) is 5.75 Å². The number of aromatic carboxylic acids is 1. The van der Waals surface area contributed by atoms with E-state index in [1.807, 2.05) is 0 Å². The molecule has 2 heterocycles. The van der Waals surface area contributed by atoms with E-state index >= 15 is 0 Å². The second-order valence-electron chi connectivity index (χ2n) is 2.91. The molecule has 2 rings (SSSR count). The molecular weight excluding hydrogens is 196 g/mol. The molecule has 15 heavy (non-hydrogen) atoms. The van der Waals surface area contributed by atoms with Crippen molar-refractivity contribution in [3.63, 3.8) is 0 Å². The third kappa shape index (κ3) is 1.59. The van der Waals surface area contributed by atoms with Gasteiger partial charge < -0.3 is 9.84 Å². The average Bonchev–Trinajstić information content (AvgIpc) is 2.27. The number of nitrogens with zero attached hydrogens (tertiary/aromatic N) is 2. The Morgan fingerprint density at radius 2 is 2.33 bits per heavy atom. The van der Waals surface area contributed by atoms with Crippen LogP contribution in [0.1, 0.15) is 10.5 Å². The summed E-state index contributed by atoms with van der Waals surface area (Å²) in [4.78, 5) is 18.7. The molecule has 0 bridgehead atoms. The smallest absolute Gasteiger partial charge is 0.354 e. The SMILES string of the molecule is COc1cc(C(=O)O)nc2ccncc12. The van der Waals surface area contributed by atoms with Crippen LogP contribution in [0, 0.1) is 0 Å². The van der Waals surface area contributed by atoms with Crippen LogP contribution in [-0.2, 0) is 0 Å². The first kappa shape index (κ1) is 9.39. The van der Waals surface area contributed by atoms with Crippen LogP contribution >= 0.6 is 0 Å². The predicted octanol–water partition coefficient (Wildman–Crippen LogP) is 1.34. The van der Waals surface area contributed by atoms with Gasteiger partial charge in [-0.3, -0.25) is 4.98 Å². The molecule has 1 N–H and O–H groups in total. The zero-order valence-corrected chi connectivity index (χ0v) is 7.97. The molecule has 2 aromatic rings. The minimum atomic E-state index is -1.08. The van der Waals surface area contributed by atoms with Gasteiger partial charge in [0.2, 0.25) is 0 Å². The summed E-state index contributed by atoms with van der Waals surface area (Å²) in [5, 5.41) is 9.53. The lowest BCUT2D eigenvalue weighted by molar-refractivity contribution is 0.0690. The van der Waals surface area contributed by atoms with E-state index in [0.29, 0.717) is 16.7 Å². The molecule has 2 aromatic heterocycles. The van der Waals surface area contributed by atoms with Crippen LogP contribution in [0.3, 0.4) is 0 Å². The normalized spacial score (nSPS) is 10.2. The number of carboxylic acids is 1. The highest BCUT2D eigenvalue weighted by atomic mass is 16.5.